The zero-order chi connectivity index (χ0) is 15.2. The Hall–Kier alpha value is -1.79. The smallest absolute Gasteiger partial charge is 0.380 e. The molecule has 4 nitrogen and oxygen atoms in total. The van der Waals surface area contributed by atoms with Crippen molar-refractivity contribution in [2.75, 3.05) is 5.32 Å². The molecule has 2 aliphatic rings. The number of fused-ring (bicyclic) bond motifs is 1. The monoisotopic (exact) mass is 299 g/mol. The first-order chi connectivity index (χ1) is 9.84. The van der Waals surface area contributed by atoms with Crippen molar-refractivity contribution >= 4 is 11.6 Å². The number of nitrogens with zero attached hydrogens (tertiary/aromatic N) is 1. The van der Waals surface area contributed by atoms with E-state index >= 15 is 0 Å². The van der Waals surface area contributed by atoms with E-state index in [0.717, 1.165) is 18.9 Å². The second kappa shape index (κ2) is 4.89. The zero-order valence-corrected chi connectivity index (χ0v) is 11.5. The van der Waals surface area contributed by atoms with Gasteiger partial charge in [-0.15, -0.1) is 0 Å². The van der Waals surface area contributed by atoms with Gasteiger partial charge in [-0.25, -0.2) is 4.98 Å². The summed E-state index contributed by atoms with van der Waals surface area (Å²) in [4.78, 5) is 15.0. The predicted octanol–water partition coefficient (Wildman–Crippen LogP) is 2.87. The predicted molar refractivity (Wildman–Crippen MR) is 70.5 cm³/mol. The highest BCUT2D eigenvalue weighted by Crippen LogP contribution is 2.43. The molecule has 0 aromatic carbocycles. The van der Waals surface area contributed by atoms with Crippen molar-refractivity contribution in [1.29, 1.82) is 0 Å². The first-order valence-corrected chi connectivity index (χ1v) is 6.96. The van der Waals surface area contributed by atoms with Crippen LogP contribution in [0.2, 0.25) is 0 Å². The standard InChI is InChI=1S/C14H16F3N3O/c1-7(21)18-11-6-10(8-2-3-8)19-9-4-5-12(14(15,16)17)20-13(9)11/h4-5,8,10-11,19H,2-3,6H2,1H3,(H,18,21). The van der Waals surface area contributed by atoms with Crippen molar-refractivity contribution in [3.63, 3.8) is 0 Å². The summed E-state index contributed by atoms with van der Waals surface area (Å²) in [5, 5.41) is 5.98. The van der Waals surface area contributed by atoms with E-state index in [1.54, 1.807) is 0 Å². The molecule has 0 saturated heterocycles. The average molecular weight is 299 g/mol. The van der Waals surface area contributed by atoms with Crippen molar-refractivity contribution in [3.8, 4) is 0 Å². The third-order valence-corrected chi connectivity index (χ3v) is 3.94. The summed E-state index contributed by atoms with van der Waals surface area (Å²) in [6, 6.07) is 2.11. The summed E-state index contributed by atoms with van der Waals surface area (Å²) in [6.45, 7) is 1.36. The van der Waals surface area contributed by atoms with Gasteiger partial charge < -0.3 is 10.6 Å². The maximum atomic E-state index is 12.8. The van der Waals surface area contributed by atoms with E-state index in [2.05, 4.69) is 15.6 Å². The molecular formula is C14H16F3N3O. The number of aromatic nitrogens is 1. The van der Waals surface area contributed by atoms with Crippen LogP contribution in [-0.4, -0.2) is 16.9 Å². The summed E-state index contributed by atoms with van der Waals surface area (Å²) in [7, 11) is 0. The minimum atomic E-state index is -4.48. The molecule has 3 rings (SSSR count). The molecule has 1 aromatic rings. The molecule has 2 heterocycles. The quantitative estimate of drug-likeness (QED) is 0.883. The van der Waals surface area contributed by atoms with Crippen molar-refractivity contribution in [3.05, 3.63) is 23.5 Å². The van der Waals surface area contributed by atoms with Crippen LogP contribution in [-0.2, 0) is 11.0 Å². The van der Waals surface area contributed by atoms with Crippen LogP contribution in [0.5, 0.6) is 0 Å². The van der Waals surface area contributed by atoms with Crippen molar-refractivity contribution in [2.24, 2.45) is 5.92 Å². The molecule has 21 heavy (non-hydrogen) atoms. The molecule has 2 unspecified atom stereocenters. The molecule has 1 fully saturated rings. The van der Waals surface area contributed by atoms with Gasteiger partial charge in [-0.3, -0.25) is 4.79 Å². The number of anilines is 1. The average Bonchev–Trinajstić information content (AvgIpc) is 3.20. The van der Waals surface area contributed by atoms with E-state index in [0.29, 0.717) is 18.0 Å². The first-order valence-electron chi connectivity index (χ1n) is 6.96. The van der Waals surface area contributed by atoms with Gasteiger partial charge in [0.25, 0.3) is 0 Å². The second-order valence-corrected chi connectivity index (χ2v) is 5.70. The number of pyridine rings is 1. The van der Waals surface area contributed by atoms with Gasteiger partial charge in [0.2, 0.25) is 5.91 Å². The Morgan fingerprint density at radius 2 is 2.10 bits per heavy atom. The summed E-state index contributed by atoms with van der Waals surface area (Å²) in [6.07, 6.45) is -1.67. The van der Waals surface area contributed by atoms with Crippen molar-refractivity contribution in [2.45, 2.75) is 44.4 Å². The van der Waals surface area contributed by atoms with Crippen LogP contribution in [0.1, 0.15) is 43.6 Å². The number of nitrogens with one attached hydrogen (secondary N) is 2. The Balaban J connectivity index is 1.95. The lowest BCUT2D eigenvalue weighted by Crippen LogP contribution is -2.38. The fourth-order valence-electron chi connectivity index (χ4n) is 2.83. The third kappa shape index (κ3) is 2.96. The van der Waals surface area contributed by atoms with Gasteiger partial charge in [0, 0.05) is 13.0 Å². The topological polar surface area (TPSA) is 54.0 Å². The fourth-order valence-corrected chi connectivity index (χ4v) is 2.83. The molecule has 0 spiro atoms. The molecule has 7 heteroatoms. The van der Waals surface area contributed by atoms with Gasteiger partial charge in [-0.2, -0.15) is 13.2 Å². The minimum Gasteiger partial charge on any atom is -0.380 e. The number of hydrogen-bond donors (Lipinski definition) is 2. The van der Waals surface area contributed by atoms with E-state index in [1.807, 2.05) is 0 Å². The van der Waals surface area contributed by atoms with Crippen LogP contribution in [0.4, 0.5) is 18.9 Å². The van der Waals surface area contributed by atoms with Crippen LogP contribution < -0.4 is 10.6 Å². The molecule has 0 radical (unpaired) electrons. The molecule has 2 atom stereocenters. The molecule has 1 amide bonds. The lowest BCUT2D eigenvalue weighted by Gasteiger charge is -2.33. The summed E-state index contributed by atoms with van der Waals surface area (Å²) < 4.78 is 38.4. The molecular weight excluding hydrogens is 283 g/mol. The third-order valence-electron chi connectivity index (χ3n) is 3.94. The van der Waals surface area contributed by atoms with Crippen molar-refractivity contribution < 1.29 is 18.0 Å². The number of alkyl halides is 3. The Bertz CT molecular complexity index is 569. The normalized spacial score (nSPS) is 25.0. The zero-order valence-electron chi connectivity index (χ0n) is 11.5. The molecule has 0 bridgehead atoms. The SMILES string of the molecule is CC(=O)NC1CC(C2CC2)Nc2ccc(C(F)(F)F)nc21. The molecule has 2 N–H and O–H groups in total. The van der Waals surface area contributed by atoms with Gasteiger partial charge >= 0.3 is 6.18 Å². The van der Waals surface area contributed by atoms with E-state index in [1.165, 1.54) is 13.0 Å². The van der Waals surface area contributed by atoms with Crippen LogP contribution in [0.3, 0.4) is 0 Å². The summed E-state index contributed by atoms with van der Waals surface area (Å²) in [5.41, 5.74) is -0.0647. The number of halogens is 3. The molecule has 1 aliphatic heterocycles. The van der Waals surface area contributed by atoms with Gasteiger partial charge in [-0.05, 0) is 37.3 Å². The molecule has 1 aromatic heterocycles. The first kappa shape index (κ1) is 14.2. The van der Waals surface area contributed by atoms with Gasteiger partial charge in [0.15, 0.2) is 0 Å². The highest BCUT2D eigenvalue weighted by Gasteiger charge is 2.40. The summed E-state index contributed by atoms with van der Waals surface area (Å²) in [5.74, 6) is 0.276. The van der Waals surface area contributed by atoms with Crippen LogP contribution in [0.15, 0.2) is 12.1 Å². The van der Waals surface area contributed by atoms with Crippen molar-refractivity contribution in [1.82, 2.24) is 10.3 Å². The maximum absolute atomic E-state index is 12.8. The number of carbonyl (C=O) groups is 1. The van der Waals surface area contributed by atoms with E-state index in [-0.39, 0.29) is 17.6 Å². The van der Waals surface area contributed by atoms with Crippen LogP contribution in [0.25, 0.3) is 0 Å². The molecule has 1 saturated carbocycles. The maximum Gasteiger partial charge on any atom is 0.433 e. The Morgan fingerprint density at radius 3 is 2.67 bits per heavy atom. The summed E-state index contributed by atoms with van der Waals surface area (Å²) >= 11 is 0. The largest absolute Gasteiger partial charge is 0.433 e. The number of amides is 1. The van der Waals surface area contributed by atoms with Gasteiger partial charge in [0.05, 0.1) is 17.4 Å². The van der Waals surface area contributed by atoms with E-state index in [9.17, 15) is 18.0 Å². The molecule has 1 aliphatic carbocycles. The lowest BCUT2D eigenvalue weighted by atomic mass is 9.94. The number of carbonyl (C=O) groups excluding carboxylic acids is 1. The van der Waals surface area contributed by atoms with Gasteiger partial charge in [-0.1, -0.05) is 0 Å². The van der Waals surface area contributed by atoms with E-state index in [4.69, 9.17) is 0 Å². The van der Waals surface area contributed by atoms with Crippen LogP contribution in [0, 0.1) is 5.92 Å². The highest BCUT2D eigenvalue weighted by atomic mass is 19.4. The van der Waals surface area contributed by atoms with E-state index < -0.39 is 17.9 Å². The lowest BCUT2D eigenvalue weighted by molar-refractivity contribution is -0.141. The second-order valence-electron chi connectivity index (χ2n) is 5.70. The minimum absolute atomic E-state index is 0.188. The van der Waals surface area contributed by atoms with Crippen LogP contribution >= 0.6 is 0 Å². The number of hydrogen-bond acceptors (Lipinski definition) is 3. The molecule has 114 valence electrons. The Morgan fingerprint density at radius 1 is 1.38 bits per heavy atom. The fraction of sp³-hybridized carbons (Fsp3) is 0.571. The van der Waals surface area contributed by atoms with Gasteiger partial charge in [0.1, 0.15) is 5.69 Å². The number of rotatable bonds is 2. The Kier molecular flexibility index (Phi) is 3.30. The Labute approximate surface area is 120 Å². The highest BCUT2D eigenvalue weighted by molar-refractivity contribution is 5.74.